The lowest BCUT2D eigenvalue weighted by Crippen LogP contribution is -2.15. The van der Waals surface area contributed by atoms with Crippen LogP contribution in [-0.2, 0) is 16.3 Å². The zero-order valence-corrected chi connectivity index (χ0v) is 9.58. The first kappa shape index (κ1) is 11.7. The van der Waals surface area contributed by atoms with Crippen LogP contribution in [0, 0.1) is 11.3 Å². The van der Waals surface area contributed by atoms with E-state index in [0.717, 1.165) is 0 Å². The van der Waals surface area contributed by atoms with Crippen molar-refractivity contribution >= 4 is 9.84 Å². The summed E-state index contributed by atoms with van der Waals surface area (Å²) in [5, 5.41) is 8.14. The van der Waals surface area contributed by atoms with Gasteiger partial charge >= 0.3 is 0 Å². The maximum Gasteiger partial charge on any atom is 0.180 e. The van der Waals surface area contributed by atoms with E-state index in [2.05, 4.69) is 0 Å². The van der Waals surface area contributed by atoms with Gasteiger partial charge in [-0.25, -0.2) is 8.42 Å². The highest BCUT2D eigenvalue weighted by Gasteiger charge is 2.21. The van der Waals surface area contributed by atoms with Gasteiger partial charge in [-0.05, 0) is 25.5 Å². The standard InChI is InChI=1S/C11H13NO2S/c1-9(2)15(13,14)11-6-4-3-5-10(11)7-8-12/h3-6,9H,7H2,1-2H3. The van der Waals surface area contributed by atoms with E-state index in [1.165, 1.54) is 0 Å². The molecule has 0 saturated carbocycles. The Kier molecular flexibility index (Phi) is 3.48. The molecule has 0 atom stereocenters. The summed E-state index contributed by atoms with van der Waals surface area (Å²) in [6.07, 6.45) is 0.127. The molecule has 15 heavy (non-hydrogen) atoms. The predicted octanol–water partition coefficient (Wildman–Crippen LogP) is 1.93. The van der Waals surface area contributed by atoms with Gasteiger partial charge in [-0.1, -0.05) is 18.2 Å². The zero-order chi connectivity index (χ0) is 11.5. The summed E-state index contributed by atoms with van der Waals surface area (Å²) in [5.74, 6) is 0. The van der Waals surface area contributed by atoms with E-state index in [0.29, 0.717) is 5.56 Å². The van der Waals surface area contributed by atoms with Crippen molar-refractivity contribution in [3.05, 3.63) is 29.8 Å². The Morgan fingerprint density at radius 3 is 2.47 bits per heavy atom. The third-order valence-corrected chi connectivity index (χ3v) is 4.42. The molecule has 0 bridgehead atoms. The summed E-state index contributed by atoms with van der Waals surface area (Å²) in [6.45, 7) is 3.27. The van der Waals surface area contributed by atoms with Gasteiger partial charge in [0.1, 0.15) is 0 Å². The van der Waals surface area contributed by atoms with Gasteiger partial charge in [-0.15, -0.1) is 0 Å². The highest BCUT2D eigenvalue weighted by Crippen LogP contribution is 2.20. The Labute approximate surface area is 90.3 Å². The fraction of sp³-hybridized carbons (Fsp3) is 0.364. The van der Waals surface area contributed by atoms with Crippen LogP contribution in [0.4, 0.5) is 0 Å². The highest BCUT2D eigenvalue weighted by atomic mass is 32.2. The van der Waals surface area contributed by atoms with Gasteiger partial charge in [0, 0.05) is 0 Å². The van der Waals surface area contributed by atoms with Gasteiger partial charge < -0.3 is 0 Å². The van der Waals surface area contributed by atoms with Crippen LogP contribution in [0.15, 0.2) is 29.2 Å². The first-order valence-electron chi connectivity index (χ1n) is 4.69. The molecule has 0 aliphatic heterocycles. The smallest absolute Gasteiger partial charge is 0.180 e. The van der Waals surface area contributed by atoms with Crippen LogP contribution in [0.25, 0.3) is 0 Å². The van der Waals surface area contributed by atoms with Crippen LogP contribution < -0.4 is 0 Å². The van der Waals surface area contributed by atoms with Crippen molar-refractivity contribution in [2.45, 2.75) is 30.4 Å². The maximum atomic E-state index is 11.9. The van der Waals surface area contributed by atoms with E-state index in [9.17, 15) is 8.42 Å². The molecule has 0 saturated heterocycles. The predicted molar refractivity (Wildman–Crippen MR) is 58.1 cm³/mol. The Bertz CT molecular complexity index is 484. The van der Waals surface area contributed by atoms with Crippen molar-refractivity contribution < 1.29 is 8.42 Å². The first-order chi connectivity index (χ1) is 7.00. The SMILES string of the molecule is CC(C)S(=O)(=O)c1ccccc1CC#N. The van der Waals surface area contributed by atoms with Crippen LogP contribution in [-0.4, -0.2) is 13.7 Å². The minimum atomic E-state index is -3.28. The summed E-state index contributed by atoms with van der Waals surface area (Å²) < 4.78 is 23.8. The van der Waals surface area contributed by atoms with E-state index in [4.69, 9.17) is 5.26 Å². The summed E-state index contributed by atoms with van der Waals surface area (Å²) in [4.78, 5) is 0.279. The fourth-order valence-electron chi connectivity index (χ4n) is 1.27. The van der Waals surface area contributed by atoms with Crippen LogP contribution in [0.2, 0.25) is 0 Å². The van der Waals surface area contributed by atoms with E-state index in [-0.39, 0.29) is 11.3 Å². The largest absolute Gasteiger partial charge is 0.223 e. The normalized spacial score (nSPS) is 11.3. The first-order valence-corrected chi connectivity index (χ1v) is 6.23. The number of nitriles is 1. The number of benzene rings is 1. The average Bonchev–Trinajstić information content (AvgIpc) is 2.18. The molecular formula is C11H13NO2S. The third kappa shape index (κ3) is 2.37. The Balaban J connectivity index is 3.33. The quantitative estimate of drug-likeness (QED) is 0.786. The zero-order valence-electron chi connectivity index (χ0n) is 8.77. The number of rotatable bonds is 3. The van der Waals surface area contributed by atoms with E-state index >= 15 is 0 Å². The molecule has 0 heterocycles. The lowest BCUT2D eigenvalue weighted by molar-refractivity contribution is 0.586. The summed E-state index contributed by atoms with van der Waals surface area (Å²) in [5.41, 5.74) is 0.578. The average molecular weight is 223 g/mol. The van der Waals surface area contributed by atoms with Crippen molar-refractivity contribution in [1.29, 1.82) is 5.26 Å². The molecule has 1 aromatic rings. The highest BCUT2D eigenvalue weighted by molar-refractivity contribution is 7.92. The summed E-state index contributed by atoms with van der Waals surface area (Å²) in [7, 11) is -3.28. The van der Waals surface area contributed by atoms with Gasteiger partial charge in [0.05, 0.1) is 22.6 Å². The summed E-state index contributed by atoms with van der Waals surface area (Å²) >= 11 is 0. The van der Waals surface area contributed by atoms with Crippen molar-refractivity contribution in [3.8, 4) is 6.07 Å². The van der Waals surface area contributed by atoms with Gasteiger partial charge in [0.25, 0.3) is 0 Å². The molecule has 1 rings (SSSR count). The molecule has 80 valence electrons. The number of hydrogen-bond acceptors (Lipinski definition) is 3. The van der Waals surface area contributed by atoms with Crippen molar-refractivity contribution in [2.24, 2.45) is 0 Å². The number of hydrogen-bond donors (Lipinski definition) is 0. The molecule has 3 nitrogen and oxygen atoms in total. The Morgan fingerprint density at radius 2 is 1.93 bits per heavy atom. The minimum Gasteiger partial charge on any atom is -0.223 e. The molecule has 0 radical (unpaired) electrons. The molecule has 4 heteroatoms. The number of nitrogens with zero attached hydrogens (tertiary/aromatic N) is 1. The van der Waals surface area contributed by atoms with Crippen LogP contribution in [0.1, 0.15) is 19.4 Å². The molecule has 0 amide bonds. The van der Waals surface area contributed by atoms with E-state index in [1.807, 2.05) is 6.07 Å². The topological polar surface area (TPSA) is 57.9 Å². The second-order valence-electron chi connectivity index (χ2n) is 3.54. The van der Waals surface area contributed by atoms with Gasteiger partial charge in [0.2, 0.25) is 0 Å². The molecule has 0 aliphatic carbocycles. The van der Waals surface area contributed by atoms with Crippen molar-refractivity contribution in [1.82, 2.24) is 0 Å². The van der Waals surface area contributed by atoms with Crippen LogP contribution in [0.5, 0.6) is 0 Å². The number of sulfone groups is 1. The van der Waals surface area contributed by atoms with Crippen molar-refractivity contribution in [2.75, 3.05) is 0 Å². The van der Waals surface area contributed by atoms with Gasteiger partial charge in [-0.2, -0.15) is 5.26 Å². The lowest BCUT2D eigenvalue weighted by atomic mass is 10.2. The molecule has 0 N–H and O–H groups in total. The van der Waals surface area contributed by atoms with Crippen molar-refractivity contribution in [3.63, 3.8) is 0 Å². The van der Waals surface area contributed by atoms with Gasteiger partial charge in [0.15, 0.2) is 9.84 Å². The molecule has 0 aromatic heterocycles. The van der Waals surface area contributed by atoms with Crippen LogP contribution >= 0.6 is 0 Å². The maximum absolute atomic E-state index is 11.9. The molecular weight excluding hydrogens is 210 g/mol. The van der Waals surface area contributed by atoms with E-state index in [1.54, 1.807) is 38.1 Å². The molecule has 1 aromatic carbocycles. The van der Waals surface area contributed by atoms with Gasteiger partial charge in [-0.3, -0.25) is 0 Å². The minimum absolute atomic E-state index is 0.127. The third-order valence-electron chi connectivity index (χ3n) is 2.17. The monoisotopic (exact) mass is 223 g/mol. The second kappa shape index (κ2) is 4.45. The Morgan fingerprint density at radius 1 is 1.33 bits per heavy atom. The second-order valence-corrected chi connectivity index (χ2v) is 6.01. The lowest BCUT2D eigenvalue weighted by Gasteiger charge is -2.10. The summed E-state index contributed by atoms with van der Waals surface area (Å²) in [6, 6.07) is 8.63. The van der Waals surface area contributed by atoms with E-state index < -0.39 is 15.1 Å². The Hall–Kier alpha value is -1.34. The van der Waals surface area contributed by atoms with Crippen LogP contribution in [0.3, 0.4) is 0 Å². The fourth-order valence-corrected chi connectivity index (χ4v) is 2.55. The molecule has 0 spiro atoms. The molecule has 0 unspecified atom stereocenters. The molecule has 0 aliphatic rings. The molecule has 0 fully saturated rings.